The van der Waals surface area contributed by atoms with Crippen LogP contribution >= 0.6 is 23.4 Å². The van der Waals surface area contributed by atoms with E-state index in [4.69, 9.17) is 16.3 Å². The van der Waals surface area contributed by atoms with Crippen molar-refractivity contribution in [2.75, 3.05) is 23.8 Å². The maximum absolute atomic E-state index is 12.5. The number of para-hydroxylation sites is 1. The number of amides is 1. The average molecular weight is 334 g/mol. The largest absolute Gasteiger partial charge is 0.482 e. The molecular weight excluding hydrogens is 318 g/mol. The number of hydrogen-bond acceptors (Lipinski definition) is 3. The van der Waals surface area contributed by atoms with Crippen molar-refractivity contribution in [3.8, 4) is 5.75 Å². The summed E-state index contributed by atoms with van der Waals surface area (Å²) in [7, 11) is 0. The van der Waals surface area contributed by atoms with Crippen LogP contribution in [0.25, 0.3) is 0 Å². The first-order chi connectivity index (χ1) is 10.6. The first kappa shape index (κ1) is 15.3. The summed E-state index contributed by atoms with van der Waals surface area (Å²) in [6.07, 6.45) is 0. The minimum absolute atomic E-state index is 0.0117. The number of ether oxygens (including phenoxy) is 1. The molecular formula is C17H16ClNO2S. The second-order valence-electron chi connectivity index (χ2n) is 5.08. The predicted molar refractivity (Wildman–Crippen MR) is 91.2 cm³/mol. The van der Waals surface area contributed by atoms with Crippen LogP contribution in [0.1, 0.15) is 5.56 Å². The molecule has 0 aromatic heterocycles. The van der Waals surface area contributed by atoms with Crippen LogP contribution in [0.3, 0.4) is 0 Å². The van der Waals surface area contributed by atoms with Gasteiger partial charge in [0.2, 0.25) is 0 Å². The Kier molecular flexibility index (Phi) is 4.60. The van der Waals surface area contributed by atoms with E-state index in [1.807, 2.05) is 43.3 Å². The van der Waals surface area contributed by atoms with E-state index in [1.54, 1.807) is 22.7 Å². The van der Waals surface area contributed by atoms with Gasteiger partial charge in [-0.15, -0.1) is 11.8 Å². The zero-order chi connectivity index (χ0) is 15.5. The van der Waals surface area contributed by atoms with Crippen molar-refractivity contribution in [1.29, 1.82) is 0 Å². The molecule has 0 N–H and O–H groups in total. The summed E-state index contributed by atoms with van der Waals surface area (Å²) in [6, 6.07) is 13.5. The fourth-order valence-electron chi connectivity index (χ4n) is 2.37. The number of fused-ring (bicyclic) bond motifs is 1. The molecule has 0 fully saturated rings. The molecule has 2 aromatic rings. The maximum Gasteiger partial charge on any atom is 0.264 e. The van der Waals surface area contributed by atoms with Crippen LogP contribution in [0.4, 0.5) is 5.69 Å². The van der Waals surface area contributed by atoms with Crippen LogP contribution in [0.15, 0.2) is 47.4 Å². The number of nitrogens with zero attached hydrogens (tertiary/aromatic N) is 1. The van der Waals surface area contributed by atoms with Gasteiger partial charge in [-0.2, -0.15) is 0 Å². The molecule has 0 saturated carbocycles. The number of anilines is 1. The lowest BCUT2D eigenvalue weighted by Gasteiger charge is -2.28. The topological polar surface area (TPSA) is 29.5 Å². The minimum Gasteiger partial charge on any atom is -0.482 e. The van der Waals surface area contributed by atoms with E-state index in [1.165, 1.54) is 0 Å². The predicted octanol–water partition coefficient (Wildman–Crippen LogP) is 4.17. The molecule has 0 saturated heterocycles. The third kappa shape index (κ3) is 3.23. The van der Waals surface area contributed by atoms with E-state index < -0.39 is 0 Å². The molecule has 114 valence electrons. The van der Waals surface area contributed by atoms with Gasteiger partial charge in [0.25, 0.3) is 5.91 Å². The fourth-order valence-corrected chi connectivity index (χ4v) is 3.53. The highest BCUT2D eigenvalue weighted by molar-refractivity contribution is 7.99. The first-order valence-electron chi connectivity index (χ1n) is 7.06. The molecule has 0 unspecified atom stereocenters. The Morgan fingerprint density at radius 1 is 1.32 bits per heavy atom. The molecule has 1 aliphatic heterocycles. The number of hydrogen-bond donors (Lipinski definition) is 0. The van der Waals surface area contributed by atoms with E-state index in [2.05, 4.69) is 0 Å². The summed E-state index contributed by atoms with van der Waals surface area (Å²) in [6.45, 7) is 2.65. The Morgan fingerprint density at radius 2 is 2.14 bits per heavy atom. The lowest BCUT2D eigenvalue weighted by molar-refractivity contribution is -0.120. The second-order valence-corrected chi connectivity index (χ2v) is 6.63. The molecule has 1 amide bonds. The van der Waals surface area contributed by atoms with Crippen molar-refractivity contribution in [2.24, 2.45) is 0 Å². The standard InChI is InChI=1S/C17H16ClNO2S/c1-12-6-7-13(18)15(10-12)21-11-17(20)19-8-9-22-16-5-3-2-4-14(16)19/h2-7,10H,8-9,11H2,1H3. The molecule has 0 spiro atoms. The average Bonchev–Trinajstić information content (AvgIpc) is 2.55. The van der Waals surface area contributed by atoms with Crippen molar-refractivity contribution in [2.45, 2.75) is 11.8 Å². The number of benzene rings is 2. The van der Waals surface area contributed by atoms with Crippen LogP contribution < -0.4 is 9.64 Å². The summed E-state index contributed by atoms with van der Waals surface area (Å²) in [5.41, 5.74) is 2.01. The summed E-state index contributed by atoms with van der Waals surface area (Å²) >= 11 is 7.87. The number of rotatable bonds is 3. The van der Waals surface area contributed by atoms with Crippen molar-refractivity contribution in [3.63, 3.8) is 0 Å². The molecule has 1 aliphatic rings. The van der Waals surface area contributed by atoms with Crippen LogP contribution in [0, 0.1) is 6.92 Å². The zero-order valence-corrected chi connectivity index (χ0v) is 13.8. The maximum atomic E-state index is 12.5. The molecule has 0 bridgehead atoms. The molecule has 3 nitrogen and oxygen atoms in total. The van der Waals surface area contributed by atoms with Gasteiger partial charge in [-0.25, -0.2) is 0 Å². The molecule has 0 aliphatic carbocycles. The number of halogens is 1. The summed E-state index contributed by atoms with van der Waals surface area (Å²) in [4.78, 5) is 15.4. The Bertz CT molecular complexity index is 705. The van der Waals surface area contributed by atoms with Crippen molar-refractivity contribution in [3.05, 3.63) is 53.1 Å². The molecule has 5 heteroatoms. The SMILES string of the molecule is Cc1ccc(Cl)c(OCC(=O)N2CCSc3ccccc32)c1. The molecule has 2 aromatic carbocycles. The third-order valence-electron chi connectivity index (χ3n) is 3.47. The lowest BCUT2D eigenvalue weighted by Crippen LogP contribution is -2.38. The van der Waals surface area contributed by atoms with Gasteiger partial charge in [0.1, 0.15) is 5.75 Å². The van der Waals surface area contributed by atoms with Gasteiger partial charge in [-0.3, -0.25) is 4.79 Å². The van der Waals surface area contributed by atoms with Gasteiger partial charge in [0, 0.05) is 17.2 Å². The van der Waals surface area contributed by atoms with Crippen LogP contribution in [-0.4, -0.2) is 24.8 Å². The molecule has 0 atom stereocenters. The number of carbonyl (C=O) groups is 1. The van der Waals surface area contributed by atoms with Crippen molar-refractivity contribution in [1.82, 2.24) is 0 Å². The highest BCUT2D eigenvalue weighted by Gasteiger charge is 2.23. The number of aryl methyl sites for hydroxylation is 1. The Hall–Kier alpha value is -1.65. The Morgan fingerprint density at radius 3 is 3.00 bits per heavy atom. The van der Waals surface area contributed by atoms with E-state index in [9.17, 15) is 4.79 Å². The summed E-state index contributed by atoms with van der Waals surface area (Å²) < 4.78 is 5.62. The zero-order valence-electron chi connectivity index (χ0n) is 12.2. The highest BCUT2D eigenvalue weighted by atomic mass is 35.5. The van der Waals surface area contributed by atoms with Gasteiger partial charge in [-0.05, 0) is 36.8 Å². The molecule has 1 heterocycles. The van der Waals surface area contributed by atoms with Crippen molar-refractivity contribution < 1.29 is 9.53 Å². The van der Waals surface area contributed by atoms with E-state index >= 15 is 0 Å². The summed E-state index contributed by atoms with van der Waals surface area (Å²) in [5.74, 6) is 1.40. The Balaban J connectivity index is 1.72. The third-order valence-corrected chi connectivity index (χ3v) is 4.82. The minimum atomic E-state index is -0.0506. The second kappa shape index (κ2) is 6.63. The molecule has 22 heavy (non-hydrogen) atoms. The van der Waals surface area contributed by atoms with E-state index in [0.29, 0.717) is 17.3 Å². The highest BCUT2D eigenvalue weighted by Crippen LogP contribution is 2.34. The summed E-state index contributed by atoms with van der Waals surface area (Å²) in [5, 5.41) is 0.521. The number of carbonyl (C=O) groups excluding carboxylic acids is 1. The van der Waals surface area contributed by atoms with E-state index in [0.717, 1.165) is 21.9 Å². The quantitative estimate of drug-likeness (QED) is 0.844. The lowest BCUT2D eigenvalue weighted by atomic mass is 10.2. The van der Waals surface area contributed by atoms with Gasteiger partial charge >= 0.3 is 0 Å². The van der Waals surface area contributed by atoms with Crippen LogP contribution in [-0.2, 0) is 4.79 Å². The Labute approximate surface area is 139 Å². The van der Waals surface area contributed by atoms with Gasteiger partial charge in [0.15, 0.2) is 6.61 Å². The smallest absolute Gasteiger partial charge is 0.264 e. The van der Waals surface area contributed by atoms with Crippen LogP contribution in [0.2, 0.25) is 5.02 Å². The molecule has 0 radical (unpaired) electrons. The van der Waals surface area contributed by atoms with Gasteiger partial charge in [-0.1, -0.05) is 29.8 Å². The number of thioether (sulfide) groups is 1. The fraction of sp³-hybridized carbons (Fsp3) is 0.235. The van der Waals surface area contributed by atoms with Gasteiger partial charge < -0.3 is 9.64 Å². The first-order valence-corrected chi connectivity index (χ1v) is 8.42. The van der Waals surface area contributed by atoms with Crippen molar-refractivity contribution >= 4 is 35.0 Å². The van der Waals surface area contributed by atoms with E-state index in [-0.39, 0.29) is 12.5 Å². The normalized spacial score (nSPS) is 13.6. The van der Waals surface area contributed by atoms with Crippen LogP contribution in [0.5, 0.6) is 5.75 Å². The monoisotopic (exact) mass is 333 g/mol. The van der Waals surface area contributed by atoms with Gasteiger partial charge in [0.05, 0.1) is 10.7 Å². The molecule has 3 rings (SSSR count).